The average molecular weight is 463 g/mol. The monoisotopic (exact) mass is 464 g/mol. The van der Waals surface area contributed by atoms with Gasteiger partial charge < -0.3 is 0 Å². The van der Waals surface area contributed by atoms with E-state index in [2.05, 4.69) is 27.7 Å². The predicted octanol–water partition coefficient (Wildman–Crippen LogP) is 5.91. The van der Waals surface area contributed by atoms with Gasteiger partial charge in [0.25, 0.3) is 0 Å². The third-order valence-electron chi connectivity index (χ3n) is 2.68. The molecule has 0 aliphatic rings. The zero-order valence-electron chi connectivity index (χ0n) is 17.0. The summed E-state index contributed by atoms with van der Waals surface area (Å²) in [6.07, 6.45) is 10.6. The molecule has 0 heterocycles. The molecule has 0 aliphatic carbocycles. The van der Waals surface area contributed by atoms with Gasteiger partial charge in [0, 0.05) is 23.9 Å². The first-order chi connectivity index (χ1) is 11.4. The Morgan fingerprint density at radius 3 is 0.960 bits per heavy atom. The Bertz CT molecular complexity index is 206. The number of carbonyl (C=O) groups is 2. The number of unbranched alkanes of at least 4 members (excludes halogenated alkanes) is 6. The van der Waals surface area contributed by atoms with Crippen LogP contribution in [0.15, 0.2) is 0 Å². The smallest absolute Gasteiger partial charge is 0.247 e. The fourth-order valence-electron chi connectivity index (χ4n) is 1.04. The first-order valence-electron chi connectivity index (χ1n) is 9.35. The molecule has 5 heteroatoms. The van der Waals surface area contributed by atoms with Crippen LogP contribution in [0.25, 0.3) is 0 Å². The molecule has 0 saturated carbocycles. The molecule has 0 bridgehead atoms. The van der Waals surface area contributed by atoms with E-state index in [9.17, 15) is 19.8 Å². The molecular formula is C20H40O4Sn. The van der Waals surface area contributed by atoms with E-state index >= 15 is 0 Å². The number of hydrogen-bond donors (Lipinski definition) is 0. The van der Waals surface area contributed by atoms with Crippen molar-refractivity contribution >= 4 is 35.8 Å². The van der Waals surface area contributed by atoms with Crippen molar-refractivity contribution < 1.29 is 19.8 Å². The summed E-state index contributed by atoms with van der Waals surface area (Å²) in [6, 6.07) is 0. The second-order valence-electron chi connectivity index (χ2n) is 5.37. The van der Waals surface area contributed by atoms with Crippen LogP contribution in [0.2, 0.25) is 0 Å². The first kappa shape index (κ1) is 35.8. The predicted molar refractivity (Wildman–Crippen MR) is 106 cm³/mol. The van der Waals surface area contributed by atoms with Crippen LogP contribution in [0.4, 0.5) is 0 Å². The fourth-order valence-corrected chi connectivity index (χ4v) is 1.04. The van der Waals surface area contributed by atoms with Crippen LogP contribution < -0.4 is 0 Å². The average Bonchev–Trinajstić information content (AvgIpc) is 2.56. The third kappa shape index (κ3) is 81.4. The molecule has 0 atom stereocenters. The van der Waals surface area contributed by atoms with Crippen molar-refractivity contribution in [2.45, 2.75) is 105 Å². The van der Waals surface area contributed by atoms with Crippen molar-refractivity contribution in [3.63, 3.8) is 0 Å². The third-order valence-corrected chi connectivity index (χ3v) is 2.68. The minimum absolute atomic E-state index is 0. The summed E-state index contributed by atoms with van der Waals surface area (Å²) in [5.74, 6) is -1.86. The molecule has 0 unspecified atom stereocenters. The molecular weight excluding hydrogens is 423 g/mol. The van der Waals surface area contributed by atoms with Crippen molar-refractivity contribution in [2.75, 3.05) is 0 Å². The molecule has 0 aromatic rings. The van der Waals surface area contributed by atoms with E-state index in [0.717, 1.165) is 51.4 Å². The summed E-state index contributed by atoms with van der Waals surface area (Å²) in [4.78, 5) is 19.5. The van der Waals surface area contributed by atoms with Gasteiger partial charge in [0.1, 0.15) is 0 Å². The van der Waals surface area contributed by atoms with Gasteiger partial charge in [-0.1, -0.05) is 92.9 Å². The van der Waals surface area contributed by atoms with Crippen LogP contribution in [-0.4, -0.2) is 35.8 Å². The maximum atomic E-state index is 9.76. The molecule has 148 valence electrons. The van der Waals surface area contributed by atoms with E-state index in [4.69, 9.17) is 0 Å². The quantitative estimate of drug-likeness (QED) is 0.299. The molecule has 0 aromatic carbocycles. The van der Waals surface area contributed by atoms with Gasteiger partial charge in [0.05, 0.1) is 12.8 Å². The van der Waals surface area contributed by atoms with Crippen molar-refractivity contribution in [1.82, 2.24) is 0 Å². The Morgan fingerprint density at radius 1 is 0.600 bits per heavy atom. The molecule has 25 heavy (non-hydrogen) atoms. The summed E-state index contributed by atoms with van der Waals surface area (Å²) in [5, 5.41) is 19.5. The Morgan fingerprint density at radius 2 is 0.840 bits per heavy atom. The van der Waals surface area contributed by atoms with E-state index in [1.165, 1.54) is 12.8 Å². The molecule has 0 N–H and O–H groups in total. The largest absolute Gasteiger partial charge is 0.355 e. The maximum Gasteiger partial charge on any atom is 0.355 e. The van der Waals surface area contributed by atoms with Crippen LogP contribution in [0, 0.1) is 13.8 Å². The van der Waals surface area contributed by atoms with Crippen LogP contribution >= 0.6 is 0 Å². The Kier molecular flexibility index (Phi) is 55.8. The Labute approximate surface area is 174 Å². The number of rotatable bonds is 10. The molecule has 0 aliphatic heterocycles. The van der Waals surface area contributed by atoms with E-state index in [-0.39, 0.29) is 36.7 Å². The molecule has 0 saturated heterocycles. The summed E-state index contributed by atoms with van der Waals surface area (Å²) in [6.45, 7) is 15.5. The molecule has 0 aromatic heterocycles. The number of carbonyl (C=O) groups excluding carboxylic acids is 2. The van der Waals surface area contributed by atoms with Crippen LogP contribution in [0.5, 0.6) is 0 Å². The molecule has 8 radical (unpaired) electrons. The minimum atomic E-state index is -0.932. The van der Waals surface area contributed by atoms with Gasteiger partial charge in [0.2, 0.25) is 0 Å². The summed E-state index contributed by atoms with van der Waals surface area (Å²) in [5.41, 5.74) is 0. The van der Waals surface area contributed by atoms with Crippen molar-refractivity contribution in [2.24, 2.45) is 0 Å². The maximum absolute atomic E-state index is 9.76. The Hall–Kier alpha value is -0.261. The van der Waals surface area contributed by atoms with Crippen LogP contribution in [0.1, 0.15) is 105 Å². The molecule has 0 spiro atoms. The van der Waals surface area contributed by atoms with Gasteiger partial charge in [-0.3, -0.25) is 0 Å². The van der Waals surface area contributed by atoms with Gasteiger partial charge in [-0.05, 0) is 12.8 Å². The SMILES string of the molecule is CCCCCC([O])=O.CCCCCC([O])=O.[CH2]CCC.[CH2]CCC.[Sn]. The summed E-state index contributed by atoms with van der Waals surface area (Å²) < 4.78 is 0. The minimum Gasteiger partial charge on any atom is -0.247 e. The second-order valence-corrected chi connectivity index (χ2v) is 5.37. The summed E-state index contributed by atoms with van der Waals surface area (Å²) in [7, 11) is 0. The first-order valence-corrected chi connectivity index (χ1v) is 9.35. The molecule has 0 amide bonds. The van der Waals surface area contributed by atoms with Crippen molar-refractivity contribution in [1.29, 1.82) is 0 Å². The molecule has 0 fully saturated rings. The topological polar surface area (TPSA) is 73.9 Å². The van der Waals surface area contributed by atoms with E-state index in [1.54, 1.807) is 0 Å². The zero-order valence-corrected chi connectivity index (χ0v) is 19.9. The van der Waals surface area contributed by atoms with E-state index in [0.29, 0.717) is 0 Å². The van der Waals surface area contributed by atoms with Crippen molar-refractivity contribution in [3.05, 3.63) is 13.8 Å². The van der Waals surface area contributed by atoms with Crippen molar-refractivity contribution in [3.8, 4) is 0 Å². The van der Waals surface area contributed by atoms with Gasteiger partial charge in [0.15, 0.2) is 0 Å². The van der Waals surface area contributed by atoms with Crippen LogP contribution in [-0.2, 0) is 19.8 Å². The van der Waals surface area contributed by atoms with Gasteiger partial charge in [-0.15, -0.1) is 0 Å². The van der Waals surface area contributed by atoms with Gasteiger partial charge >= 0.3 is 11.9 Å². The standard InChI is InChI=1S/2C6H11O2.2C4H9.Sn/c2*1-2-3-4-5-6(7)8;2*1-3-4-2;/h2*2-5H2,1H3;2*1,3-4H2,2H3;. The summed E-state index contributed by atoms with van der Waals surface area (Å²) >= 11 is 0. The Balaban J connectivity index is -0.0000000739. The van der Waals surface area contributed by atoms with E-state index < -0.39 is 11.9 Å². The normalized spacial score (nSPS) is 8.24. The molecule has 4 nitrogen and oxygen atoms in total. The molecule has 0 rings (SSSR count). The number of hydrogen-bond acceptors (Lipinski definition) is 2. The fraction of sp³-hybridized carbons (Fsp3) is 0.800. The van der Waals surface area contributed by atoms with Gasteiger partial charge in [-0.2, -0.15) is 0 Å². The zero-order chi connectivity index (χ0) is 19.6. The van der Waals surface area contributed by atoms with Gasteiger partial charge in [-0.25, -0.2) is 19.8 Å². The van der Waals surface area contributed by atoms with E-state index in [1.807, 2.05) is 13.8 Å². The van der Waals surface area contributed by atoms with Crippen LogP contribution in [0.3, 0.4) is 0 Å². The second kappa shape index (κ2) is 39.0.